The van der Waals surface area contributed by atoms with Crippen molar-refractivity contribution in [3.05, 3.63) is 23.8 Å². The zero-order valence-electron chi connectivity index (χ0n) is 9.77. The molecular formula is C11H15N3O2S. The van der Waals surface area contributed by atoms with Crippen LogP contribution in [0.15, 0.2) is 23.3 Å². The molecule has 0 atom stereocenters. The molecule has 1 aromatic rings. The van der Waals surface area contributed by atoms with Crippen LogP contribution in [0.4, 0.5) is 0 Å². The summed E-state index contributed by atoms with van der Waals surface area (Å²) in [4.78, 5) is 0. The lowest BCUT2D eigenvalue weighted by Crippen LogP contribution is -2.24. The molecule has 5 nitrogen and oxygen atoms in total. The summed E-state index contributed by atoms with van der Waals surface area (Å²) in [6.45, 7) is 2.53. The third-order valence-corrected chi connectivity index (χ3v) is 1.98. The van der Waals surface area contributed by atoms with Gasteiger partial charge in [0.2, 0.25) is 0 Å². The molecule has 0 aromatic heterocycles. The molecule has 0 saturated carbocycles. The zero-order chi connectivity index (χ0) is 12.7. The van der Waals surface area contributed by atoms with Crippen molar-refractivity contribution in [3.8, 4) is 11.5 Å². The van der Waals surface area contributed by atoms with Gasteiger partial charge in [0.25, 0.3) is 0 Å². The van der Waals surface area contributed by atoms with Crippen LogP contribution in [-0.2, 0) is 0 Å². The molecule has 0 bridgehead atoms. The molecule has 17 heavy (non-hydrogen) atoms. The first kappa shape index (κ1) is 13.2. The number of thiocarbonyl (C=S) groups is 1. The Morgan fingerprint density at radius 3 is 2.94 bits per heavy atom. The summed E-state index contributed by atoms with van der Waals surface area (Å²) in [6, 6.07) is 5.47. The van der Waals surface area contributed by atoms with Gasteiger partial charge in [0, 0.05) is 5.56 Å². The van der Waals surface area contributed by atoms with Gasteiger partial charge in [0.05, 0.1) is 19.9 Å². The molecule has 0 aliphatic rings. The van der Waals surface area contributed by atoms with Crippen LogP contribution in [0.1, 0.15) is 12.5 Å². The molecule has 0 fully saturated rings. The Hall–Kier alpha value is -1.82. The first-order chi connectivity index (χ1) is 8.17. The Morgan fingerprint density at radius 2 is 2.35 bits per heavy atom. The van der Waals surface area contributed by atoms with Crippen molar-refractivity contribution in [1.29, 1.82) is 0 Å². The third-order valence-electron chi connectivity index (χ3n) is 1.89. The minimum atomic E-state index is 0.112. The van der Waals surface area contributed by atoms with Gasteiger partial charge in [-0.2, -0.15) is 5.10 Å². The average Bonchev–Trinajstić information content (AvgIpc) is 2.29. The molecule has 0 heterocycles. The molecule has 0 aliphatic carbocycles. The molecule has 0 saturated heterocycles. The van der Waals surface area contributed by atoms with Crippen LogP contribution in [0.5, 0.6) is 11.5 Å². The predicted molar refractivity (Wildman–Crippen MR) is 71.7 cm³/mol. The maximum absolute atomic E-state index is 5.39. The van der Waals surface area contributed by atoms with Crippen LogP contribution >= 0.6 is 12.2 Å². The topological polar surface area (TPSA) is 68.9 Å². The summed E-state index contributed by atoms with van der Waals surface area (Å²) >= 11 is 4.64. The molecule has 0 spiro atoms. The number of hydrogen-bond donors (Lipinski definition) is 2. The number of benzene rings is 1. The van der Waals surface area contributed by atoms with Crippen LogP contribution in [-0.4, -0.2) is 25.0 Å². The van der Waals surface area contributed by atoms with Crippen molar-refractivity contribution in [2.45, 2.75) is 6.92 Å². The normalized spacial score (nSPS) is 10.2. The number of rotatable bonds is 5. The summed E-state index contributed by atoms with van der Waals surface area (Å²) in [6.07, 6.45) is 1.57. The molecule has 0 unspecified atom stereocenters. The van der Waals surface area contributed by atoms with Gasteiger partial charge >= 0.3 is 0 Å². The molecular weight excluding hydrogens is 238 g/mol. The lowest BCUT2D eigenvalue weighted by atomic mass is 10.2. The van der Waals surface area contributed by atoms with E-state index in [0.717, 1.165) is 11.3 Å². The second-order valence-corrected chi connectivity index (χ2v) is 3.51. The van der Waals surface area contributed by atoms with Crippen LogP contribution in [0.25, 0.3) is 0 Å². The summed E-state index contributed by atoms with van der Waals surface area (Å²) in [5.74, 6) is 1.45. The average molecular weight is 253 g/mol. The highest BCUT2D eigenvalue weighted by Gasteiger charge is 2.02. The van der Waals surface area contributed by atoms with Gasteiger partial charge in [-0.25, -0.2) is 0 Å². The fourth-order valence-corrected chi connectivity index (χ4v) is 1.29. The smallest absolute Gasteiger partial charge is 0.184 e. The van der Waals surface area contributed by atoms with E-state index in [4.69, 9.17) is 15.2 Å². The van der Waals surface area contributed by atoms with Crippen LogP contribution < -0.4 is 20.6 Å². The Bertz CT molecular complexity index is 421. The lowest BCUT2D eigenvalue weighted by Gasteiger charge is -2.08. The molecule has 0 radical (unpaired) electrons. The largest absolute Gasteiger partial charge is 0.496 e. The van der Waals surface area contributed by atoms with E-state index in [1.165, 1.54) is 0 Å². The minimum Gasteiger partial charge on any atom is -0.496 e. The highest BCUT2D eigenvalue weighted by atomic mass is 32.1. The third kappa shape index (κ3) is 4.28. The van der Waals surface area contributed by atoms with Crippen LogP contribution in [0, 0.1) is 0 Å². The van der Waals surface area contributed by atoms with Crippen molar-refractivity contribution in [2.24, 2.45) is 10.8 Å². The molecule has 3 N–H and O–H groups in total. The van der Waals surface area contributed by atoms with Gasteiger partial charge in [0.15, 0.2) is 5.11 Å². The summed E-state index contributed by atoms with van der Waals surface area (Å²) < 4.78 is 10.6. The fourth-order valence-electron chi connectivity index (χ4n) is 1.24. The van der Waals surface area contributed by atoms with E-state index in [-0.39, 0.29) is 5.11 Å². The number of hydrogen-bond acceptors (Lipinski definition) is 4. The quantitative estimate of drug-likeness (QED) is 0.470. The number of nitrogens with zero attached hydrogens (tertiary/aromatic N) is 1. The second kappa shape index (κ2) is 6.70. The molecule has 1 aromatic carbocycles. The standard InChI is InChI=1S/C11H15N3O2S/c1-3-16-9-4-5-10(15-2)8(6-9)7-13-14-11(12)17/h4-7H,3H2,1-2H3,(H3,12,14,17)/b13-7+. The minimum absolute atomic E-state index is 0.112. The molecule has 1 rings (SSSR count). The van der Waals surface area contributed by atoms with Crippen molar-refractivity contribution in [3.63, 3.8) is 0 Å². The molecule has 92 valence electrons. The Labute approximate surface area is 106 Å². The number of hydrazone groups is 1. The Morgan fingerprint density at radius 1 is 1.59 bits per heavy atom. The van der Waals surface area contributed by atoms with Gasteiger partial charge < -0.3 is 15.2 Å². The van der Waals surface area contributed by atoms with E-state index in [0.29, 0.717) is 12.4 Å². The van der Waals surface area contributed by atoms with Gasteiger partial charge in [-0.15, -0.1) is 0 Å². The highest BCUT2D eigenvalue weighted by molar-refractivity contribution is 7.80. The predicted octanol–water partition coefficient (Wildman–Crippen LogP) is 1.26. The van der Waals surface area contributed by atoms with E-state index in [1.807, 2.05) is 25.1 Å². The van der Waals surface area contributed by atoms with Crippen molar-refractivity contribution < 1.29 is 9.47 Å². The maximum Gasteiger partial charge on any atom is 0.184 e. The monoisotopic (exact) mass is 253 g/mol. The summed E-state index contributed by atoms with van der Waals surface area (Å²) in [5.41, 5.74) is 8.51. The molecule has 0 amide bonds. The van der Waals surface area contributed by atoms with Crippen molar-refractivity contribution in [1.82, 2.24) is 5.43 Å². The molecule has 0 aliphatic heterocycles. The lowest BCUT2D eigenvalue weighted by molar-refractivity contribution is 0.339. The van der Waals surface area contributed by atoms with Gasteiger partial charge in [-0.05, 0) is 37.3 Å². The van der Waals surface area contributed by atoms with E-state index in [2.05, 4.69) is 22.7 Å². The Kier molecular flexibility index (Phi) is 5.22. The van der Waals surface area contributed by atoms with E-state index >= 15 is 0 Å². The fraction of sp³-hybridized carbons (Fsp3) is 0.273. The van der Waals surface area contributed by atoms with Crippen LogP contribution in [0.2, 0.25) is 0 Å². The Balaban J connectivity index is 2.89. The SMILES string of the molecule is CCOc1ccc(OC)c(/C=N/NC(N)=S)c1. The number of nitrogens with two attached hydrogens (primary N) is 1. The second-order valence-electron chi connectivity index (χ2n) is 3.07. The zero-order valence-corrected chi connectivity index (χ0v) is 10.6. The van der Waals surface area contributed by atoms with Gasteiger partial charge in [-0.3, -0.25) is 5.43 Å². The first-order valence-corrected chi connectivity index (χ1v) is 5.47. The molecule has 6 heteroatoms. The van der Waals surface area contributed by atoms with E-state index in [1.54, 1.807) is 13.3 Å². The van der Waals surface area contributed by atoms with Crippen LogP contribution in [0.3, 0.4) is 0 Å². The van der Waals surface area contributed by atoms with Crippen molar-refractivity contribution in [2.75, 3.05) is 13.7 Å². The first-order valence-electron chi connectivity index (χ1n) is 5.06. The number of ether oxygens (including phenoxy) is 2. The number of methoxy groups -OCH3 is 1. The van der Waals surface area contributed by atoms with Gasteiger partial charge in [0.1, 0.15) is 11.5 Å². The maximum atomic E-state index is 5.39. The summed E-state index contributed by atoms with van der Waals surface area (Å²) in [7, 11) is 1.59. The summed E-state index contributed by atoms with van der Waals surface area (Å²) in [5, 5.41) is 3.99. The number of nitrogens with one attached hydrogen (secondary N) is 1. The van der Waals surface area contributed by atoms with Gasteiger partial charge in [-0.1, -0.05) is 0 Å². The highest BCUT2D eigenvalue weighted by Crippen LogP contribution is 2.22. The van der Waals surface area contributed by atoms with E-state index in [9.17, 15) is 0 Å². The van der Waals surface area contributed by atoms with E-state index < -0.39 is 0 Å². The van der Waals surface area contributed by atoms with Crippen molar-refractivity contribution >= 4 is 23.5 Å².